The molecular formula is C18H17ClF3NO4. The van der Waals surface area contributed by atoms with E-state index in [4.69, 9.17) is 16.3 Å². The molecule has 3 aliphatic heterocycles. The van der Waals surface area contributed by atoms with Gasteiger partial charge in [-0.3, -0.25) is 9.59 Å². The van der Waals surface area contributed by atoms with Gasteiger partial charge in [-0.05, 0) is 38.5 Å². The van der Waals surface area contributed by atoms with Crippen LogP contribution in [0.3, 0.4) is 0 Å². The van der Waals surface area contributed by atoms with Gasteiger partial charge >= 0.3 is 6.18 Å². The fraction of sp³-hybridized carbons (Fsp3) is 0.556. The maximum Gasteiger partial charge on any atom is 0.418 e. The average Bonchev–Trinajstić information content (AvgIpc) is 3.01. The Morgan fingerprint density at radius 3 is 2.41 bits per heavy atom. The summed E-state index contributed by atoms with van der Waals surface area (Å²) in [5.74, 6) is -3.05. The van der Waals surface area contributed by atoms with E-state index in [1.165, 1.54) is 13.0 Å². The van der Waals surface area contributed by atoms with Crippen LogP contribution in [0.1, 0.15) is 31.4 Å². The zero-order valence-corrected chi connectivity index (χ0v) is 15.5. The van der Waals surface area contributed by atoms with E-state index in [1.807, 2.05) is 0 Å². The molecule has 1 aromatic carbocycles. The smallest absolute Gasteiger partial charge is 0.390 e. The molecule has 5 atom stereocenters. The van der Waals surface area contributed by atoms with Gasteiger partial charge in [0.05, 0.1) is 39.8 Å². The highest BCUT2D eigenvalue weighted by Gasteiger charge is 2.75. The number of carbonyl (C=O) groups excluding carboxylic acids is 2. The minimum absolute atomic E-state index is 0.141. The molecule has 1 aromatic rings. The van der Waals surface area contributed by atoms with Crippen molar-refractivity contribution in [3.63, 3.8) is 0 Å². The maximum atomic E-state index is 13.4. The van der Waals surface area contributed by atoms with Crippen molar-refractivity contribution in [1.82, 2.24) is 0 Å². The highest BCUT2D eigenvalue weighted by atomic mass is 35.5. The Hall–Kier alpha value is -1.64. The summed E-state index contributed by atoms with van der Waals surface area (Å²) in [6.07, 6.45) is -5.47. The first-order valence-electron chi connectivity index (χ1n) is 8.45. The molecule has 2 bridgehead atoms. The number of imide groups is 1. The van der Waals surface area contributed by atoms with E-state index in [0.717, 1.165) is 11.0 Å². The number of nitrogens with zero attached hydrogens (tertiary/aromatic N) is 1. The number of hydrogen-bond donors (Lipinski definition) is 1. The minimum Gasteiger partial charge on any atom is -0.390 e. The predicted octanol–water partition coefficient (Wildman–Crippen LogP) is 3.09. The van der Waals surface area contributed by atoms with E-state index in [2.05, 4.69) is 0 Å². The van der Waals surface area contributed by atoms with Crippen molar-refractivity contribution in [3.05, 3.63) is 28.3 Å². The lowest BCUT2D eigenvalue weighted by Crippen LogP contribution is -2.49. The largest absolute Gasteiger partial charge is 0.418 e. The third kappa shape index (κ3) is 2.20. The highest BCUT2D eigenvalue weighted by molar-refractivity contribution is 6.32. The summed E-state index contributed by atoms with van der Waals surface area (Å²) in [6.45, 7) is 4.40. The third-order valence-electron chi connectivity index (χ3n) is 6.20. The number of anilines is 1. The zero-order valence-electron chi connectivity index (χ0n) is 14.7. The van der Waals surface area contributed by atoms with E-state index >= 15 is 0 Å². The van der Waals surface area contributed by atoms with Gasteiger partial charge in [-0.15, -0.1) is 0 Å². The molecule has 0 saturated carbocycles. The monoisotopic (exact) mass is 403 g/mol. The first kappa shape index (κ1) is 18.7. The number of hydrogen-bond acceptors (Lipinski definition) is 4. The fourth-order valence-corrected chi connectivity index (χ4v) is 5.33. The molecule has 5 nitrogen and oxygen atoms in total. The van der Waals surface area contributed by atoms with Crippen molar-refractivity contribution in [1.29, 1.82) is 0 Å². The topological polar surface area (TPSA) is 66.8 Å². The Morgan fingerprint density at radius 1 is 1.22 bits per heavy atom. The van der Waals surface area contributed by atoms with Crippen molar-refractivity contribution in [2.24, 2.45) is 11.8 Å². The number of fused-ring (bicyclic) bond motifs is 5. The SMILES string of the molecule is Cc1c(N2C(=O)[C@H]3[C@H](C2=O)[C@@]2(C)C[C@H](O)[C@]3(C)O2)ccc(Cl)c1C(F)(F)F. The van der Waals surface area contributed by atoms with Crippen LogP contribution in [0.5, 0.6) is 0 Å². The van der Waals surface area contributed by atoms with Crippen LogP contribution in [-0.2, 0) is 20.5 Å². The lowest BCUT2D eigenvalue weighted by molar-refractivity contribution is -0.138. The molecule has 0 spiro atoms. The Morgan fingerprint density at radius 2 is 1.81 bits per heavy atom. The average molecular weight is 404 g/mol. The molecule has 146 valence electrons. The quantitative estimate of drug-likeness (QED) is 0.732. The van der Waals surface area contributed by atoms with Gasteiger partial charge in [0.15, 0.2) is 0 Å². The second kappa shape index (κ2) is 5.24. The van der Waals surface area contributed by atoms with Gasteiger partial charge in [-0.25, -0.2) is 4.90 Å². The van der Waals surface area contributed by atoms with E-state index in [1.54, 1.807) is 13.8 Å². The summed E-state index contributed by atoms with van der Waals surface area (Å²) in [5.41, 5.74) is -3.78. The van der Waals surface area contributed by atoms with Gasteiger partial charge in [0.25, 0.3) is 0 Å². The second-order valence-electron chi connectivity index (χ2n) is 7.85. The normalized spacial score (nSPS) is 38.1. The summed E-state index contributed by atoms with van der Waals surface area (Å²) in [6, 6.07) is 2.28. The van der Waals surface area contributed by atoms with Gasteiger partial charge in [0, 0.05) is 6.42 Å². The van der Waals surface area contributed by atoms with E-state index in [0.29, 0.717) is 0 Å². The van der Waals surface area contributed by atoms with Gasteiger partial charge in [0.1, 0.15) is 5.60 Å². The molecule has 27 heavy (non-hydrogen) atoms. The molecular weight excluding hydrogens is 387 g/mol. The molecule has 3 saturated heterocycles. The summed E-state index contributed by atoms with van der Waals surface area (Å²) in [7, 11) is 0. The van der Waals surface area contributed by atoms with Crippen LogP contribution < -0.4 is 4.90 Å². The number of benzene rings is 1. The minimum atomic E-state index is -4.73. The lowest BCUT2D eigenvalue weighted by atomic mass is 9.67. The molecule has 2 amide bonds. The molecule has 0 aromatic heterocycles. The van der Waals surface area contributed by atoms with Crippen molar-refractivity contribution in [2.75, 3.05) is 4.90 Å². The van der Waals surface area contributed by atoms with Gasteiger partial charge in [-0.1, -0.05) is 11.6 Å². The number of alkyl halides is 3. The second-order valence-corrected chi connectivity index (χ2v) is 8.26. The van der Waals surface area contributed by atoms with Crippen molar-refractivity contribution in [2.45, 2.75) is 50.7 Å². The van der Waals surface area contributed by atoms with Crippen LogP contribution in [0, 0.1) is 18.8 Å². The molecule has 4 rings (SSSR count). The molecule has 0 aliphatic carbocycles. The van der Waals surface area contributed by atoms with Gasteiger partial charge in [-0.2, -0.15) is 13.2 Å². The van der Waals surface area contributed by atoms with Crippen molar-refractivity contribution < 1.29 is 32.6 Å². The number of halogens is 4. The predicted molar refractivity (Wildman–Crippen MR) is 89.2 cm³/mol. The van der Waals surface area contributed by atoms with E-state index < -0.39 is 57.7 Å². The Bertz CT molecular complexity index is 888. The first-order valence-corrected chi connectivity index (χ1v) is 8.83. The number of aliphatic hydroxyl groups is 1. The van der Waals surface area contributed by atoms with Crippen LogP contribution in [-0.4, -0.2) is 34.2 Å². The van der Waals surface area contributed by atoms with Crippen molar-refractivity contribution >= 4 is 29.1 Å². The van der Waals surface area contributed by atoms with E-state index in [-0.39, 0.29) is 17.7 Å². The molecule has 3 heterocycles. The van der Waals surface area contributed by atoms with Crippen LogP contribution in [0.25, 0.3) is 0 Å². The van der Waals surface area contributed by atoms with Crippen LogP contribution in [0.2, 0.25) is 5.02 Å². The molecule has 0 unspecified atom stereocenters. The van der Waals surface area contributed by atoms with Crippen molar-refractivity contribution in [3.8, 4) is 0 Å². The number of ether oxygens (including phenoxy) is 1. The third-order valence-corrected chi connectivity index (χ3v) is 6.52. The highest BCUT2D eigenvalue weighted by Crippen LogP contribution is 2.61. The number of rotatable bonds is 1. The van der Waals surface area contributed by atoms with Gasteiger partial charge in [0.2, 0.25) is 11.8 Å². The Kier molecular flexibility index (Phi) is 3.63. The molecule has 9 heteroatoms. The molecule has 1 N–H and O–H groups in total. The molecule has 3 aliphatic rings. The van der Waals surface area contributed by atoms with Crippen LogP contribution in [0.15, 0.2) is 12.1 Å². The first-order chi connectivity index (χ1) is 12.3. The zero-order chi connectivity index (χ0) is 20.1. The van der Waals surface area contributed by atoms with Gasteiger partial charge < -0.3 is 9.84 Å². The number of aliphatic hydroxyl groups excluding tert-OH is 1. The summed E-state index contributed by atoms with van der Waals surface area (Å²) in [5, 5.41) is 9.82. The van der Waals surface area contributed by atoms with Crippen LogP contribution >= 0.6 is 11.6 Å². The maximum absolute atomic E-state index is 13.4. The Balaban J connectivity index is 1.85. The number of amides is 2. The molecule has 0 radical (unpaired) electrons. The summed E-state index contributed by atoms with van der Waals surface area (Å²) >= 11 is 5.72. The lowest BCUT2D eigenvalue weighted by Gasteiger charge is -2.31. The fourth-order valence-electron chi connectivity index (χ4n) is 5.02. The molecule has 3 fully saturated rings. The summed E-state index contributed by atoms with van der Waals surface area (Å²) in [4.78, 5) is 26.9. The van der Waals surface area contributed by atoms with E-state index in [9.17, 15) is 27.9 Å². The summed E-state index contributed by atoms with van der Waals surface area (Å²) < 4.78 is 46.0. The van der Waals surface area contributed by atoms with Crippen LogP contribution in [0.4, 0.5) is 18.9 Å². The number of carbonyl (C=O) groups is 2. The Labute approximate surface area is 158 Å². The standard InChI is InChI=1S/C18H17ClF3NO4/c1-7-9(5-4-8(19)11(7)18(20,21)22)23-14(25)12-13(15(23)26)17(3)10(24)6-16(12,2)27-17/h4-5,10,12-13,24H,6H2,1-3H3/t10-,12+,13+,16+,17-/m0/s1.